The molecule has 0 atom stereocenters. The summed E-state index contributed by atoms with van der Waals surface area (Å²) < 4.78 is 0. The lowest BCUT2D eigenvalue weighted by Gasteiger charge is -2.32. The maximum absolute atomic E-state index is 12.2. The first-order valence-corrected chi connectivity index (χ1v) is 7.92. The van der Waals surface area contributed by atoms with Crippen LogP contribution in [0.5, 0.6) is 0 Å². The Labute approximate surface area is 120 Å². The topological polar surface area (TPSA) is 69.6 Å². The lowest BCUT2D eigenvalue weighted by Crippen LogP contribution is -2.47. The molecule has 2 rings (SSSR count). The van der Waals surface area contributed by atoms with E-state index in [-0.39, 0.29) is 18.4 Å². The average molecular weight is 282 g/mol. The van der Waals surface area contributed by atoms with Gasteiger partial charge >= 0.3 is 12.0 Å². The van der Waals surface area contributed by atoms with Gasteiger partial charge in [-0.3, -0.25) is 4.79 Å². The molecule has 2 amide bonds. The molecule has 0 radical (unpaired) electrons. The molecule has 0 spiro atoms. The maximum Gasteiger partial charge on any atom is 0.317 e. The molecule has 1 heterocycles. The first-order chi connectivity index (χ1) is 9.65. The molecule has 2 aliphatic rings. The molecule has 114 valence electrons. The molecule has 5 nitrogen and oxygen atoms in total. The van der Waals surface area contributed by atoms with E-state index < -0.39 is 5.97 Å². The highest BCUT2D eigenvalue weighted by Crippen LogP contribution is 2.21. The molecule has 0 aromatic rings. The average Bonchev–Trinajstić information content (AvgIpc) is 2.67. The lowest BCUT2D eigenvalue weighted by molar-refractivity contribution is -0.138. The monoisotopic (exact) mass is 282 g/mol. The summed E-state index contributed by atoms with van der Waals surface area (Å²) in [4.78, 5) is 24.7. The van der Waals surface area contributed by atoms with E-state index in [0.717, 1.165) is 25.7 Å². The second-order valence-electron chi connectivity index (χ2n) is 6.17. The number of urea groups is 1. The van der Waals surface area contributed by atoms with Gasteiger partial charge in [0.05, 0.1) is 0 Å². The highest BCUT2D eigenvalue weighted by atomic mass is 16.4. The van der Waals surface area contributed by atoms with Crippen molar-refractivity contribution in [2.45, 2.75) is 63.8 Å². The fourth-order valence-corrected chi connectivity index (χ4v) is 3.28. The van der Waals surface area contributed by atoms with Gasteiger partial charge in [-0.05, 0) is 31.6 Å². The summed E-state index contributed by atoms with van der Waals surface area (Å²) in [6, 6.07) is 0.382. The third-order valence-electron chi connectivity index (χ3n) is 4.55. The zero-order valence-corrected chi connectivity index (χ0v) is 12.1. The minimum atomic E-state index is -0.730. The van der Waals surface area contributed by atoms with Crippen LogP contribution in [0.4, 0.5) is 4.79 Å². The Balaban J connectivity index is 1.72. The number of hydrogen-bond donors (Lipinski definition) is 2. The quantitative estimate of drug-likeness (QED) is 0.782. The molecule has 1 aliphatic carbocycles. The molecule has 1 saturated heterocycles. The van der Waals surface area contributed by atoms with E-state index in [1.54, 1.807) is 0 Å². The van der Waals surface area contributed by atoms with Crippen LogP contribution in [0.1, 0.15) is 57.8 Å². The third kappa shape index (κ3) is 4.69. The van der Waals surface area contributed by atoms with Crippen LogP contribution in [0.3, 0.4) is 0 Å². The summed E-state index contributed by atoms with van der Waals surface area (Å²) >= 11 is 0. The maximum atomic E-state index is 12.2. The van der Waals surface area contributed by atoms with E-state index in [2.05, 4.69) is 5.32 Å². The largest absolute Gasteiger partial charge is 0.481 e. The number of rotatable bonds is 3. The van der Waals surface area contributed by atoms with Gasteiger partial charge in [-0.2, -0.15) is 0 Å². The van der Waals surface area contributed by atoms with Crippen LogP contribution in [0.2, 0.25) is 0 Å². The fraction of sp³-hybridized carbons (Fsp3) is 0.867. The van der Waals surface area contributed by atoms with Crippen LogP contribution in [0.15, 0.2) is 0 Å². The van der Waals surface area contributed by atoms with Crippen molar-refractivity contribution >= 4 is 12.0 Å². The van der Waals surface area contributed by atoms with Crippen molar-refractivity contribution in [3.8, 4) is 0 Å². The molecule has 0 bridgehead atoms. The first kappa shape index (κ1) is 15.1. The van der Waals surface area contributed by atoms with Crippen LogP contribution in [-0.2, 0) is 4.79 Å². The Bertz CT molecular complexity index is 330. The van der Waals surface area contributed by atoms with Gasteiger partial charge in [0, 0.05) is 25.6 Å². The smallest absolute Gasteiger partial charge is 0.317 e. The number of carbonyl (C=O) groups is 2. The number of nitrogens with zero attached hydrogens (tertiary/aromatic N) is 1. The zero-order valence-electron chi connectivity index (χ0n) is 12.1. The number of aliphatic carboxylic acids is 1. The summed E-state index contributed by atoms with van der Waals surface area (Å²) in [5, 5.41) is 11.9. The molecule has 0 aromatic carbocycles. The molecule has 1 aliphatic heterocycles. The summed E-state index contributed by atoms with van der Waals surface area (Å²) in [6.07, 6.45) is 9.05. The van der Waals surface area contributed by atoms with Crippen molar-refractivity contribution in [3.05, 3.63) is 0 Å². The van der Waals surface area contributed by atoms with Crippen molar-refractivity contribution < 1.29 is 14.7 Å². The van der Waals surface area contributed by atoms with Gasteiger partial charge in [0.1, 0.15) is 0 Å². The summed E-state index contributed by atoms with van der Waals surface area (Å²) in [5.74, 6) is -0.499. The lowest BCUT2D eigenvalue weighted by atomic mass is 9.94. The van der Waals surface area contributed by atoms with E-state index in [1.165, 1.54) is 25.7 Å². The summed E-state index contributed by atoms with van der Waals surface area (Å²) in [6.45, 7) is 1.38. The number of nitrogens with one attached hydrogen (secondary N) is 1. The molecule has 5 heteroatoms. The number of carboxylic acids is 1. The van der Waals surface area contributed by atoms with Crippen molar-refractivity contribution in [2.75, 3.05) is 13.1 Å². The molecular weight excluding hydrogens is 256 g/mol. The highest BCUT2D eigenvalue weighted by Gasteiger charge is 2.25. The van der Waals surface area contributed by atoms with Gasteiger partial charge in [-0.25, -0.2) is 4.79 Å². The van der Waals surface area contributed by atoms with E-state index >= 15 is 0 Å². The van der Waals surface area contributed by atoms with Crippen LogP contribution in [-0.4, -0.2) is 41.1 Å². The molecule has 2 fully saturated rings. The van der Waals surface area contributed by atoms with Gasteiger partial charge in [0.25, 0.3) is 0 Å². The number of amides is 2. The normalized spacial score (nSPS) is 22.3. The van der Waals surface area contributed by atoms with Gasteiger partial charge < -0.3 is 15.3 Å². The molecule has 0 unspecified atom stereocenters. The van der Waals surface area contributed by atoms with Crippen molar-refractivity contribution in [1.82, 2.24) is 10.2 Å². The molecule has 0 aromatic heterocycles. The van der Waals surface area contributed by atoms with Gasteiger partial charge in [0.2, 0.25) is 0 Å². The number of carboxylic acid groups (broad SMARTS) is 1. The second-order valence-corrected chi connectivity index (χ2v) is 6.17. The van der Waals surface area contributed by atoms with E-state index in [1.807, 2.05) is 4.90 Å². The van der Waals surface area contributed by atoms with Crippen molar-refractivity contribution in [1.29, 1.82) is 0 Å². The Morgan fingerprint density at radius 1 is 1.00 bits per heavy atom. The van der Waals surface area contributed by atoms with Crippen LogP contribution < -0.4 is 5.32 Å². The third-order valence-corrected chi connectivity index (χ3v) is 4.55. The van der Waals surface area contributed by atoms with Crippen LogP contribution in [0, 0.1) is 5.92 Å². The summed E-state index contributed by atoms with van der Waals surface area (Å²) in [7, 11) is 0. The molecular formula is C15H26N2O3. The zero-order chi connectivity index (χ0) is 14.4. The van der Waals surface area contributed by atoms with Gasteiger partial charge in [-0.15, -0.1) is 0 Å². The van der Waals surface area contributed by atoms with E-state index in [4.69, 9.17) is 5.11 Å². The minimum Gasteiger partial charge on any atom is -0.481 e. The number of piperidine rings is 1. The van der Waals surface area contributed by atoms with Crippen molar-refractivity contribution in [3.63, 3.8) is 0 Å². The Kier molecular flexibility index (Phi) is 5.68. The predicted octanol–water partition coefficient (Wildman–Crippen LogP) is 2.61. The Morgan fingerprint density at radius 2 is 1.60 bits per heavy atom. The minimum absolute atomic E-state index is 0.0469. The Hall–Kier alpha value is -1.26. The number of hydrogen-bond acceptors (Lipinski definition) is 2. The first-order valence-electron chi connectivity index (χ1n) is 7.92. The van der Waals surface area contributed by atoms with E-state index in [9.17, 15) is 9.59 Å². The number of carbonyl (C=O) groups excluding carboxylic acids is 1. The SMILES string of the molecule is O=C(O)CC1CCN(C(=O)NC2CCCCCC2)CC1. The van der Waals surface area contributed by atoms with Crippen LogP contribution in [0.25, 0.3) is 0 Å². The highest BCUT2D eigenvalue weighted by molar-refractivity contribution is 5.74. The molecule has 1 saturated carbocycles. The van der Waals surface area contributed by atoms with Gasteiger partial charge in [-0.1, -0.05) is 25.7 Å². The molecule has 20 heavy (non-hydrogen) atoms. The van der Waals surface area contributed by atoms with Crippen molar-refractivity contribution in [2.24, 2.45) is 5.92 Å². The van der Waals surface area contributed by atoms with Gasteiger partial charge in [0.15, 0.2) is 0 Å². The second kappa shape index (κ2) is 7.50. The standard InChI is InChI=1S/C15H26N2O3/c18-14(19)11-12-7-9-17(10-8-12)15(20)16-13-5-3-1-2-4-6-13/h12-13H,1-11H2,(H,16,20)(H,18,19). The summed E-state index contributed by atoms with van der Waals surface area (Å²) in [5.41, 5.74) is 0. The molecule has 2 N–H and O–H groups in total. The predicted molar refractivity (Wildman–Crippen MR) is 76.6 cm³/mol. The fourth-order valence-electron chi connectivity index (χ4n) is 3.28. The Morgan fingerprint density at radius 3 is 2.15 bits per heavy atom. The van der Waals surface area contributed by atoms with Crippen LogP contribution >= 0.6 is 0 Å². The van der Waals surface area contributed by atoms with E-state index in [0.29, 0.717) is 19.1 Å². The number of likely N-dealkylation sites (tertiary alicyclic amines) is 1.